The number of nitrogens with one attached hydrogen (secondary N) is 1. The predicted octanol–water partition coefficient (Wildman–Crippen LogP) is 2.29. The van der Waals surface area contributed by atoms with Crippen molar-refractivity contribution in [3.8, 4) is 0 Å². The lowest BCUT2D eigenvalue weighted by molar-refractivity contribution is 0.0952. The van der Waals surface area contributed by atoms with Crippen LogP contribution in [0.1, 0.15) is 27.4 Å². The second-order valence-corrected chi connectivity index (χ2v) is 5.00. The summed E-state index contributed by atoms with van der Waals surface area (Å²) >= 11 is 11.8. The molecule has 0 aliphatic heterocycles. The van der Waals surface area contributed by atoms with E-state index in [2.05, 4.69) is 15.4 Å². The van der Waals surface area contributed by atoms with Gasteiger partial charge in [0, 0.05) is 12.6 Å². The van der Waals surface area contributed by atoms with Crippen LogP contribution in [0.25, 0.3) is 0 Å². The van der Waals surface area contributed by atoms with Gasteiger partial charge in [-0.3, -0.25) is 10.2 Å². The van der Waals surface area contributed by atoms with Gasteiger partial charge in [-0.25, -0.2) is 15.8 Å². The molecule has 0 saturated heterocycles. The molecule has 3 N–H and O–H groups in total. The number of hydrazine groups is 1. The third-order valence-electron chi connectivity index (χ3n) is 2.75. The summed E-state index contributed by atoms with van der Waals surface area (Å²) in [7, 11) is 0. The first-order chi connectivity index (χ1) is 9.51. The monoisotopic (exact) mass is 310 g/mol. The Balaban J connectivity index is 2.24. The Bertz CT molecular complexity index is 661. The number of nitrogens with zero attached hydrogens (tertiary/aromatic N) is 2. The Morgan fingerprint density at radius 3 is 2.70 bits per heavy atom. The summed E-state index contributed by atoms with van der Waals surface area (Å²) < 4.78 is 0. The normalized spacial score (nSPS) is 10.4. The second-order valence-electron chi connectivity index (χ2n) is 4.18. The van der Waals surface area contributed by atoms with Crippen LogP contribution < -0.4 is 11.3 Å². The number of nitrogens with two attached hydrogens (primary N) is 1. The van der Waals surface area contributed by atoms with Crippen molar-refractivity contribution >= 4 is 29.1 Å². The smallest absolute Gasteiger partial charge is 0.268 e. The number of hydrogen-bond acceptors (Lipinski definition) is 4. The fraction of sp³-hybridized carbons (Fsp3) is 0.154. The van der Waals surface area contributed by atoms with Crippen molar-refractivity contribution in [3.63, 3.8) is 0 Å². The van der Waals surface area contributed by atoms with Gasteiger partial charge in [0.2, 0.25) is 0 Å². The number of rotatable bonds is 3. The van der Waals surface area contributed by atoms with E-state index >= 15 is 0 Å². The molecule has 104 valence electrons. The summed E-state index contributed by atoms with van der Waals surface area (Å²) in [6.07, 6.45) is 1.96. The van der Waals surface area contributed by atoms with E-state index in [1.807, 2.05) is 6.07 Å². The lowest BCUT2D eigenvalue weighted by Crippen LogP contribution is -2.31. The standard InChI is InChI=1S/C13H12Cl2N4O/c1-7-9(13(20)19-16)6-17-12(18-7)5-8-2-3-10(14)11(15)4-8/h2-4,6H,5,16H2,1H3,(H,19,20). The van der Waals surface area contributed by atoms with Gasteiger partial charge in [-0.15, -0.1) is 0 Å². The highest BCUT2D eigenvalue weighted by Gasteiger charge is 2.11. The van der Waals surface area contributed by atoms with Gasteiger partial charge in [0.25, 0.3) is 5.91 Å². The van der Waals surface area contributed by atoms with Crippen LogP contribution in [0, 0.1) is 6.92 Å². The van der Waals surface area contributed by atoms with Crippen LogP contribution in [0.15, 0.2) is 24.4 Å². The van der Waals surface area contributed by atoms with Crippen LogP contribution in [0.4, 0.5) is 0 Å². The predicted molar refractivity (Wildman–Crippen MR) is 77.7 cm³/mol. The highest BCUT2D eigenvalue weighted by molar-refractivity contribution is 6.42. The molecular weight excluding hydrogens is 299 g/mol. The Kier molecular flexibility index (Phi) is 4.54. The Hall–Kier alpha value is -1.69. The lowest BCUT2D eigenvalue weighted by atomic mass is 10.1. The van der Waals surface area contributed by atoms with Gasteiger partial charge in [0.1, 0.15) is 5.82 Å². The zero-order valence-electron chi connectivity index (χ0n) is 10.7. The molecular formula is C13H12Cl2N4O. The molecule has 0 aliphatic rings. The highest BCUT2D eigenvalue weighted by Crippen LogP contribution is 2.23. The van der Waals surface area contributed by atoms with Crippen LogP contribution in [-0.4, -0.2) is 15.9 Å². The Labute approximate surface area is 126 Å². The van der Waals surface area contributed by atoms with Crippen molar-refractivity contribution < 1.29 is 4.79 Å². The fourth-order valence-electron chi connectivity index (χ4n) is 1.73. The summed E-state index contributed by atoms with van der Waals surface area (Å²) in [6.45, 7) is 1.73. The molecule has 0 unspecified atom stereocenters. The Morgan fingerprint density at radius 1 is 1.35 bits per heavy atom. The number of hydrogen-bond donors (Lipinski definition) is 2. The van der Waals surface area contributed by atoms with Crippen molar-refractivity contribution in [3.05, 3.63) is 57.1 Å². The minimum absolute atomic E-state index is 0.352. The van der Waals surface area contributed by atoms with Crippen LogP contribution in [-0.2, 0) is 6.42 Å². The summed E-state index contributed by atoms with van der Waals surface area (Å²) in [6, 6.07) is 5.35. The van der Waals surface area contributed by atoms with Gasteiger partial charge in [0.05, 0.1) is 21.3 Å². The van der Waals surface area contributed by atoms with Crippen molar-refractivity contribution in [1.82, 2.24) is 15.4 Å². The SMILES string of the molecule is Cc1nc(Cc2ccc(Cl)c(Cl)c2)ncc1C(=O)NN. The maximum atomic E-state index is 11.4. The average Bonchev–Trinajstić information content (AvgIpc) is 2.42. The summed E-state index contributed by atoms with van der Waals surface area (Å²) in [5, 5.41) is 0.988. The molecule has 20 heavy (non-hydrogen) atoms. The molecule has 0 radical (unpaired) electrons. The molecule has 0 fully saturated rings. The van der Waals surface area contributed by atoms with E-state index < -0.39 is 5.91 Å². The fourth-order valence-corrected chi connectivity index (χ4v) is 2.05. The maximum Gasteiger partial charge on any atom is 0.268 e. The summed E-state index contributed by atoms with van der Waals surface area (Å²) in [4.78, 5) is 19.9. The van der Waals surface area contributed by atoms with Gasteiger partial charge < -0.3 is 0 Å². The molecule has 1 aromatic carbocycles. The molecule has 0 bridgehead atoms. The quantitative estimate of drug-likeness (QED) is 0.518. The number of amides is 1. The molecule has 1 amide bonds. The van der Waals surface area contributed by atoms with E-state index in [1.165, 1.54) is 6.20 Å². The maximum absolute atomic E-state index is 11.4. The van der Waals surface area contributed by atoms with Crippen molar-refractivity contribution in [2.24, 2.45) is 5.84 Å². The molecule has 0 atom stereocenters. The average molecular weight is 311 g/mol. The van der Waals surface area contributed by atoms with Crippen LogP contribution in [0.2, 0.25) is 10.0 Å². The number of halogens is 2. The number of aryl methyl sites for hydroxylation is 1. The first-order valence-corrected chi connectivity index (χ1v) is 6.54. The molecule has 7 heteroatoms. The number of carbonyl (C=O) groups is 1. The number of nitrogen functional groups attached to an aromatic ring is 1. The van der Waals surface area contributed by atoms with Gasteiger partial charge in [0.15, 0.2) is 0 Å². The molecule has 0 saturated carbocycles. The third kappa shape index (κ3) is 3.25. The van der Waals surface area contributed by atoms with Crippen LogP contribution in [0.5, 0.6) is 0 Å². The van der Waals surface area contributed by atoms with E-state index in [0.717, 1.165) is 5.56 Å². The van der Waals surface area contributed by atoms with Crippen molar-refractivity contribution in [2.45, 2.75) is 13.3 Å². The first-order valence-electron chi connectivity index (χ1n) is 5.78. The molecule has 0 spiro atoms. The van der Waals surface area contributed by atoms with Gasteiger partial charge >= 0.3 is 0 Å². The number of benzene rings is 1. The van der Waals surface area contributed by atoms with Crippen LogP contribution >= 0.6 is 23.2 Å². The van der Waals surface area contributed by atoms with Gasteiger partial charge in [-0.05, 0) is 24.6 Å². The minimum atomic E-state index is -0.413. The topological polar surface area (TPSA) is 80.9 Å². The summed E-state index contributed by atoms with van der Waals surface area (Å²) in [5.41, 5.74) is 3.91. The van der Waals surface area contributed by atoms with Gasteiger partial charge in [-0.1, -0.05) is 29.3 Å². The minimum Gasteiger partial charge on any atom is -0.290 e. The molecule has 2 aromatic rings. The number of aromatic nitrogens is 2. The van der Waals surface area contributed by atoms with Crippen molar-refractivity contribution in [1.29, 1.82) is 0 Å². The molecule has 5 nitrogen and oxygen atoms in total. The number of carbonyl (C=O) groups excluding carboxylic acids is 1. The van der Waals surface area contributed by atoms with Crippen molar-refractivity contribution in [2.75, 3.05) is 0 Å². The van der Waals surface area contributed by atoms with Gasteiger partial charge in [-0.2, -0.15) is 0 Å². The first kappa shape index (κ1) is 14.7. The van der Waals surface area contributed by atoms with Crippen LogP contribution in [0.3, 0.4) is 0 Å². The highest BCUT2D eigenvalue weighted by atomic mass is 35.5. The van der Waals surface area contributed by atoms with E-state index in [1.54, 1.807) is 19.1 Å². The van der Waals surface area contributed by atoms with E-state index in [9.17, 15) is 4.79 Å². The zero-order valence-corrected chi connectivity index (χ0v) is 12.2. The third-order valence-corrected chi connectivity index (χ3v) is 3.49. The molecule has 1 aromatic heterocycles. The second kappa shape index (κ2) is 6.17. The molecule has 2 rings (SSSR count). The molecule has 0 aliphatic carbocycles. The van der Waals surface area contributed by atoms with E-state index in [4.69, 9.17) is 29.0 Å². The Morgan fingerprint density at radius 2 is 2.10 bits per heavy atom. The largest absolute Gasteiger partial charge is 0.290 e. The summed E-state index contributed by atoms with van der Waals surface area (Å²) in [5.74, 6) is 5.26. The van der Waals surface area contributed by atoms with E-state index in [0.29, 0.717) is 33.5 Å². The molecule has 1 heterocycles. The van der Waals surface area contributed by atoms with E-state index in [-0.39, 0.29) is 0 Å². The lowest BCUT2D eigenvalue weighted by Gasteiger charge is -2.06. The zero-order chi connectivity index (χ0) is 14.7.